The van der Waals surface area contributed by atoms with Gasteiger partial charge in [-0.25, -0.2) is 10.2 Å². The number of fused-ring (bicyclic) bond motifs is 1. The molecule has 0 saturated carbocycles. The molecule has 0 aliphatic heterocycles. The van der Waals surface area contributed by atoms with E-state index in [1.165, 1.54) is 6.21 Å². The molecule has 0 spiro atoms. The fourth-order valence-electron chi connectivity index (χ4n) is 3.20. The van der Waals surface area contributed by atoms with E-state index in [2.05, 4.69) is 10.5 Å². The molecule has 0 heterocycles. The second-order valence-corrected chi connectivity index (χ2v) is 6.92. The number of hydrogen-bond donors (Lipinski definition) is 1. The molecule has 0 radical (unpaired) electrons. The van der Waals surface area contributed by atoms with Crippen molar-refractivity contribution in [3.05, 3.63) is 108 Å². The van der Waals surface area contributed by atoms with Gasteiger partial charge in [0.1, 0.15) is 11.5 Å². The number of carbonyl (C=O) groups is 2. The van der Waals surface area contributed by atoms with E-state index in [4.69, 9.17) is 9.47 Å². The van der Waals surface area contributed by atoms with Gasteiger partial charge in [0, 0.05) is 5.56 Å². The van der Waals surface area contributed by atoms with Gasteiger partial charge < -0.3 is 9.47 Å². The Hall–Kier alpha value is -4.45. The largest absolute Gasteiger partial charge is 0.497 e. The lowest BCUT2D eigenvalue weighted by Gasteiger charge is -2.06. The number of carbonyl (C=O) groups excluding carboxylic acids is 2. The summed E-state index contributed by atoms with van der Waals surface area (Å²) in [6, 6.07) is 26.7. The number of benzene rings is 4. The van der Waals surface area contributed by atoms with Gasteiger partial charge in [-0.1, -0.05) is 48.5 Å². The van der Waals surface area contributed by atoms with Crippen LogP contribution in [0.3, 0.4) is 0 Å². The van der Waals surface area contributed by atoms with Crippen molar-refractivity contribution in [2.45, 2.75) is 0 Å². The molecule has 0 fully saturated rings. The molecule has 0 atom stereocenters. The Kier molecular flexibility index (Phi) is 6.22. The van der Waals surface area contributed by atoms with Crippen LogP contribution in [0.15, 0.2) is 96.1 Å². The van der Waals surface area contributed by atoms with Gasteiger partial charge in [-0.05, 0) is 58.8 Å². The molecule has 0 aromatic heterocycles. The highest BCUT2D eigenvalue weighted by Crippen LogP contribution is 2.19. The molecule has 4 aromatic rings. The van der Waals surface area contributed by atoms with Gasteiger partial charge in [0.2, 0.25) is 0 Å². The van der Waals surface area contributed by atoms with Crippen LogP contribution in [0.25, 0.3) is 10.8 Å². The lowest BCUT2D eigenvalue weighted by molar-refractivity contribution is 0.0734. The van der Waals surface area contributed by atoms with Crippen LogP contribution in [-0.2, 0) is 0 Å². The third-order valence-electron chi connectivity index (χ3n) is 4.81. The molecule has 1 N–H and O–H groups in total. The second-order valence-electron chi connectivity index (χ2n) is 6.92. The van der Waals surface area contributed by atoms with Gasteiger partial charge in [0.25, 0.3) is 5.91 Å². The van der Waals surface area contributed by atoms with Crippen LogP contribution >= 0.6 is 0 Å². The third-order valence-corrected chi connectivity index (χ3v) is 4.81. The fourth-order valence-corrected chi connectivity index (χ4v) is 3.20. The molecule has 0 aliphatic rings. The standard InChI is InChI=1S/C26H20N2O4/c1-31-21-14-12-20(13-15-21)26(30)32-22-9-4-6-18(16-22)17-27-28-25(29)24-11-5-8-19-7-2-3-10-23(19)24/h2-17H,1H3,(H,28,29). The molecule has 6 nitrogen and oxygen atoms in total. The SMILES string of the molecule is COc1ccc(C(=O)Oc2cccc(C=NNC(=O)c3cccc4ccccc34)c2)cc1. The summed E-state index contributed by atoms with van der Waals surface area (Å²) in [7, 11) is 1.56. The molecule has 4 rings (SSSR count). The Morgan fingerprint density at radius 1 is 0.844 bits per heavy atom. The van der Waals surface area contributed by atoms with E-state index < -0.39 is 5.97 Å². The summed E-state index contributed by atoms with van der Waals surface area (Å²) >= 11 is 0. The highest BCUT2D eigenvalue weighted by molar-refractivity contribution is 6.07. The van der Waals surface area contributed by atoms with E-state index in [1.54, 1.807) is 61.7 Å². The van der Waals surface area contributed by atoms with Gasteiger partial charge >= 0.3 is 5.97 Å². The first-order valence-corrected chi connectivity index (χ1v) is 9.91. The number of ether oxygens (including phenoxy) is 2. The molecular formula is C26H20N2O4. The number of esters is 1. The first kappa shape index (κ1) is 20.8. The topological polar surface area (TPSA) is 77.0 Å². The van der Waals surface area contributed by atoms with Crippen LogP contribution in [0.4, 0.5) is 0 Å². The molecule has 6 heteroatoms. The molecule has 158 valence electrons. The summed E-state index contributed by atoms with van der Waals surface area (Å²) in [5.41, 5.74) is 4.17. The fraction of sp³-hybridized carbons (Fsp3) is 0.0385. The molecule has 32 heavy (non-hydrogen) atoms. The minimum absolute atomic E-state index is 0.305. The quantitative estimate of drug-likeness (QED) is 0.208. The maximum Gasteiger partial charge on any atom is 0.343 e. The average molecular weight is 424 g/mol. The van der Waals surface area contributed by atoms with Crippen LogP contribution < -0.4 is 14.9 Å². The van der Waals surface area contributed by atoms with E-state index in [0.717, 1.165) is 10.8 Å². The molecule has 0 saturated heterocycles. The summed E-state index contributed by atoms with van der Waals surface area (Å²) in [6.45, 7) is 0. The van der Waals surface area contributed by atoms with Crippen molar-refractivity contribution in [1.29, 1.82) is 0 Å². The minimum atomic E-state index is -0.481. The molecule has 0 aliphatic carbocycles. The Morgan fingerprint density at radius 3 is 2.41 bits per heavy atom. The number of amides is 1. The second kappa shape index (κ2) is 9.57. The molecule has 0 unspecified atom stereocenters. The summed E-state index contributed by atoms with van der Waals surface area (Å²) in [5, 5.41) is 5.88. The van der Waals surface area contributed by atoms with Gasteiger partial charge in [-0.2, -0.15) is 5.10 Å². The highest BCUT2D eigenvalue weighted by atomic mass is 16.5. The maximum absolute atomic E-state index is 12.6. The van der Waals surface area contributed by atoms with Crippen molar-refractivity contribution in [3.8, 4) is 11.5 Å². The van der Waals surface area contributed by atoms with Crippen LogP contribution in [-0.4, -0.2) is 25.2 Å². The lowest BCUT2D eigenvalue weighted by atomic mass is 10.0. The number of nitrogens with zero attached hydrogens (tertiary/aromatic N) is 1. The summed E-state index contributed by atoms with van der Waals surface area (Å²) in [6.07, 6.45) is 1.49. The zero-order valence-corrected chi connectivity index (χ0v) is 17.3. The van der Waals surface area contributed by atoms with Gasteiger partial charge in [-0.3, -0.25) is 4.79 Å². The summed E-state index contributed by atoms with van der Waals surface area (Å²) in [4.78, 5) is 24.9. The van der Waals surface area contributed by atoms with Gasteiger partial charge in [0.05, 0.1) is 18.9 Å². The first-order valence-electron chi connectivity index (χ1n) is 9.91. The Balaban J connectivity index is 1.42. The van der Waals surface area contributed by atoms with Crippen molar-refractivity contribution >= 4 is 28.9 Å². The maximum atomic E-state index is 12.6. The average Bonchev–Trinajstić information content (AvgIpc) is 2.84. The lowest BCUT2D eigenvalue weighted by Crippen LogP contribution is -2.17. The van der Waals surface area contributed by atoms with E-state index in [0.29, 0.717) is 28.2 Å². The minimum Gasteiger partial charge on any atom is -0.497 e. The van der Waals surface area contributed by atoms with E-state index >= 15 is 0 Å². The number of methoxy groups -OCH3 is 1. The molecule has 1 amide bonds. The van der Waals surface area contributed by atoms with Crippen molar-refractivity contribution < 1.29 is 19.1 Å². The Morgan fingerprint density at radius 2 is 1.59 bits per heavy atom. The van der Waals surface area contributed by atoms with E-state index in [9.17, 15) is 9.59 Å². The first-order chi connectivity index (χ1) is 15.6. The zero-order valence-electron chi connectivity index (χ0n) is 17.3. The van der Waals surface area contributed by atoms with Crippen molar-refractivity contribution in [3.63, 3.8) is 0 Å². The molecular weight excluding hydrogens is 404 g/mol. The summed E-state index contributed by atoms with van der Waals surface area (Å²) in [5.74, 6) is 0.242. The zero-order chi connectivity index (χ0) is 22.3. The highest BCUT2D eigenvalue weighted by Gasteiger charge is 2.10. The predicted molar refractivity (Wildman–Crippen MR) is 123 cm³/mol. The van der Waals surface area contributed by atoms with E-state index in [-0.39, 0.29) is 5.91 Å². The van der Waals surface area contributed by atoms with Crippen LogP contribution in [0.1, 0.15) is 26.3 Å². The van der Waals surface area contributed by atoms with Gasteiger partial charge in [0.15, 0.2) is 0 Å². The van der Waals surface area contributed by atoms with Crippen LogP contribution in [0, 0.1) is 0 Å². The number of hydrogen-bond acceptors (Lipinski definition) is 5. The number of nitrogens with one attached hydrogen (secondary N) is 1. The number of rotatable bonds is 6. The van der Waals surface area contributed by atoms with Crippen LogP contribution in [0.5, 0.6) is 11.5 Å². The Labute approximate surface area is 185 Å². The molecule has 4 aromatic carbocycles. The Bertz CT molecular complexity index is 1290. The van der Waals surface area contributed by atoms with Gasteiger partial charge in [-0.15, -0.1) is 0 Å². The molecule has 0 bridgehead atoms. The third kappa shape index (κ3) is 4.82. The number of hydrazone groups is 1. The predicted octanol–water partition coefficient (Wildman–Crippen LogP) is 4.83. The van der Waals surface area contributed by atoms with Crippen molar-refractivity contribution in [1.82, 2.24) is 5.43 Å². The summed E-state index contributed by atoms with van der Waals surface area (Å²) < 4.78 is 10.5. The van der Waals surface area contributed by atoms with Crippen molar-refractivity contribution in [2.24, 2.45) is 5.10 Å². The van der Waals surface area contributed by atoms with E-state index in [1.807, 2.05) is 36.4 Å². The smallest absolute Gasteiger partial charge is 0.343 e. The van der Waals surface area contributed by atoms with Crippen molar-refractivity contribution in [2.75, 3.05) is 7.11 Å². The monoisotopic (exact) mass is 424 g/mol. The van der Waals surface area contributed by atoms with Crippen LogP contribution in [0.2, 0.25) is 0 Å². The normalized spacial score (nSPS) is 10.8.